The number of piperidine rings is 1. The number of thiophene rings is 1. The molecule has 126 valence electrons. The van der Waals surface area contributed by atoms with Crippen LogP contribution >= 0.6 is 11.3 Å². The van der Waals surface area contributed by atoms with Gasteiger partial charge in [0.1, 0.15) is 0 Å². The maximum Gasteiger partial charge on any atom is 0.310 e. The Bertz CT molecular complexity index is 717. The summed E-state index contributed by atoms with van der Waals surface area (Å²) in [6.07, 6.45) is 5.48. The first-order valence-corrected chi connectivity index (χ1v) is 8.80. The number of allylic oxidation sites excluding steroid dienone is 3. The van der Waals surface area contributed by atoms with Crippen molar-refractivity contribution in [2.75, 3.05) is 20.2 Å². The minimum atomic E-state index is -0.130. The van der Waals surface area contributed by atoms with E-state index < -0.39 is 0 Å². The fourth-order valence-corrected chi connectivity index (χ4v) is 3.53. The Morgan fingerprint density at radius 1 is 1.50 bits per heavy atom. The monoisotopic (exact) mass is 341 g/mol. The molecule has 0 spiro atoms. The van der Waals surface area contributed by atoms with Crippen LogP contribution in [0.2, 0.25) is 0 Å². The van der Waals surface area contributed by atoms with Gasteiger partial charge in [-0.15, -0.1) is 11.3 Å². The third-order valence-corrected chi connectivity index (χ3v) is 5.03. The van der Waals surface area contributed by atoms with E-state index in [1.165, 1.54) is 7.11 Å². The van der Waals surface area contributed by atoms with Crippen LogP contribution in [0.4, 0.5) is 0 Å². The second kappa shape index (κ2) is 8.56. The maximum atomic E-state index is 11.8. The van der Waals surface area contributed by atoms with Crippen LogP contribution in [0.25, 0.3) is 5.70 Å². The summed E-state index contributed by atoms with van der Waals surface area (Å²) in [5.41, 5.74) is 1.94. The lowest BCUT2D eigenvalue weighted by Gasteiger charge is -2.33. The molecule has 2 heterocycles. The van der Waals surface area contributed by atoms with Crippen molar-refractivity contribution in [1.82, 2.24) is 4.90 Å². The van der Waals surface area contributed by atoms with Gasteiger partial charge in [0.15, 0.2) is 0 Å². The second-order valence-electron chi connectivity index (χ2n) is 5.75. The van der Waals surface area contributed by atoms with Crippen molar-refractivity contribution in [3.8, 4) is 11.8 Å². The average Bonchev–Trinajstić information content (AvgIpc) is 3.08. The Kier molecular flexibility index (Phi) is 6.45. The zero-order valence-corrected chi connectivity index (χ0v) is 15.1. The lowest BCUT2D eigenvalue weighted by molar-refractivity contribution is -0.146. The Balaban J connectivity index is 2.06. The van der Waals surface area contributed by atoms with Gasteiger partial charge in [0, 0.05) is 18.8 Å². The van der Waals surface area contributed by atoms with Crippen LogP contribution in [0.3, 0.4) is 0 Å². The number of carbonyl (C=O) groups is 1. The quantitative estimate of drug-likeness (QED) is 0.469. The summed E-state index contributed by atoms with van der Waals surface area (Å²) in [6, 6.07) is 4.06. The number of hydrogen-bond donors (Lipinski definition) is 0. The van der Waals surface area contributed by atoms with Gasteiger partial charge in [-0.25, -0.2) is 0 Å². The number of methoxy groups -OCH3 is 1. The first-order valence-electron chi connectivity index (χ1n) is 7.98. The summed E-state index contributed by atoms with van der Waals surface area (Å²) in [7, 11) is 1.45. The average molecular weight is 341 g/mol. The zero-order valence-electron chi connectivity index (χ0n) is 14.3. The molecule has 0 N–H and O–H groups in total. The van der Waals surface area contributed by atoms with Crippen LogP contribution in [-0.4, -0.2) is 31.1 Å². The fourth-order valence-electron chi connectivity index (χ4n) is 2.68. The highest BCUT2D eigenvalue weighted by Gasteiger charge is 2.27. The molecule has 1 aromatic heterocycles. The molecular formula is C20H23NO2S. The van der Waals surface area contributed by atoms with Crippen LogP contribution in [-0.2, 0) is 9.53 Å². The zero-order chi connectivity index (χ0) is 17.5. The number of carbonyl (C=O) groups excluding carboxylic acids is 1. The van der Waals surface area contributed by atoms with E-state index in [4.69, 9.17) is 4.74 Å². The summed E-state index contributed by atoms with van der Waals surface area (Å²) in [6.45, 7) is 11.4. The molecule has 1 aliphatic heterocycles. The molecule has 1 saturated heterocycles. The summed E-state index contributed by atoms with van der Waals surface area (Å²) in [4.78, 5) is 16.0. The van der Waals surface area contributed by atoms with E-state index >= 15 is 0 Å². The molecule has 0 amide bonds. The minimum Gasteiger partial charge on any atom is -0.469 e. The fraction of sp³-hybridized carbons (Fsp3) is 0.350. The third-order valence-electron chi connectivity index (χ3n) is 3.98. The highest BCUT2D eigenvalue weighted by Crippen LogP contribution is 2.29. The molecule has 0 bridgehead atoms. The van der Waals surface area contributed by atoms with Gasteiger partial charge in [-0.3, -0.25) is 4.79 Å². The van der Waals surface area contributed by atoms with E-state index in [9.17, 15) is 4.79 Å². The molecule has 1 unspecified atom stereocenters. The van der Waals surface area contributed by atoms with E-state index in [-0.39, 0.29) is 11.9 Å². The SMILES string of the molecule is C=CC=C(C)C#Cc1ccc(C(=C)N2CCCC(C(=O)OC)C2)s1. The van der Waals surface area contributed by atoms with Crippen molar-refractivity contribution in [2.45, 2.75) is 19.8 Å². The highest BCUT2D eigenvalue weighted by molar-refractivity contribution is 7.13. The molecule has 4 heteroatoms. The first kappa shape index (κ1) is 18.1. The Morgan fingerprint density at radius 3 is 3.00 bits per heavy atom. The number of likely N-dealkylation sites (tertiary alicyclic amines) is 1. The largest absolute Gasteiger partial charge is 0.469 e. The highest BCUT2D eigenvalue weighted by atomic mass is 32.1. The lowest BCUT2D eigenvalue weighted by atomic mass is 9.98. The van der Waals surface area contributed by atoms with Crippen molar-refractivity contribution in [2.24, 2.45) is 5.92 Å². The molecule has 1 fully saturated rings. The summed E-state index contributed by atoms with van der Waals surface area (Å²) >= 11 is 1.63. The van der Waals surface area contributed by atoms with E-state index in [0.717, 1.165) is 40.4 Å². The van der Waals surface area contributed by atoms with E-state index in [0.29, 0.717) is 6.54 Å². The molecule has 2 rings (SSSR count). The first-order chi connectivity index (χ1) is 11.5. The molecule has 0 aromatic carbocycles. The van der Waals surface area contributed by atoms with Gasteiger partial charge in [0.2, 0.25) is 0 Å². The minimum absolute atomic E-state index is 0.0635. The van der Waals surface area contributed by atoms with Crippen molar-refractivity contribution < 1.29 is 9.53 Å². The third kappa shape index (κ3) is 4.62. The van der Waals surface area contributed by atoms with Crippen molar-refractivity contribution in [3.63, 3.8) is 0 Å². The summed E-state index contributed by atoms with van der Waals surface area (Å²) in [5, 5.41) is 0. The topological polar surface area (TPSA) is 29.5 Å². The van der Waals surface area contributed by atoms with Crippen LogP contribution in [0, 0.1) is 17.8 Å². The molecule has 24 heavy (non-hydrogen) atoms. The van der Waals surface area contributed by atoms with E-state index in [2.05, 4.69) is 29.9 Å². The number of rotatable bonds is 4. The maximum absolute atomic E-state index is 11.8. The standard InChI is InChI=1S/C20H23NO2S/c1-5-7-15(2)9-10-18-11-12-19(24-18)16(3)21-13-6-8-17(14-21)20(22)23-4/h5,7,11-12,17H,1,3,6,8,13-14H2,2,4H3. The molecule has 0 radical (unpaired) electrons. The molecule has 3 nitrogen and oxygen atoms in total. The van der Waals surface area contributed by atoms with Crippen LogP contribution in [0.15, 0.2) is 43.0 Å². The number of ether oxygens (including phenoxy) is 1. The summed E-state index contributed by atoms with van der Waals surface area (Å²) in [5.74, 6) is 6.08. The van der Waals surface area contributed by atoms with Crippen LogP contribution in [0.5, 0.6) is 0 Å². The van der Waals surface area contributed by atoms with Gasteiger partial charge >= 0.3 is 5.97 Å². The van der Waals surface area contributed by atoms with Gasteiger partial charge in [-0.05, 0) is 37.5 Å². The van der Waals surface area contributed by atoms with E-state index in [1.807, 2.05) is 25.1 Å². The molecular weight excluding hydrogens is 318 g/mol. The van der Waals surface area contributed by atoms with Gasteiger partial charge in [-0.2, -0.15) is 0 Å². The van der Waals surface area contributed by atoms with Gasteiger partial charge < -0.3 is 9.64 Å². The normalized spacial score (nSPS) is 17.7. The number of hydrogen-bond acceptors (Lipinski definition) is 4. The van der Waals surface area contributed by atoms with Crippen LogP contribution in [0.1, 0.15) is 29.5 Å². The number of esters is 1. The lowest BCUT2D eigenvalue weighted by Crippen LogP contribution is -2.37. The van der Waals surface area contributed by atoms with E-state index in [1.54, 1.807) is 17.4 Å². The van der Waals surface area contributed by atoms with Crippen molar-refractivity contribution in [1.29, 1.82) is 0 Å². The predicted molar refractivity (Wildman–Crippen MR) is 100 cm³/mol. The Labute approximate surface area is 148 Å². The summed E-state index contributed by atoms with van der Waals surface area (Å²) < 4.78 is 4.88. The predicted octanol–water partition coefficient (Wildman–Crippen LogP) is 4.09. The Morgan fingerprint density at radius 2 is 2.29 bits per heavy atom. The van der Waals surface area contributed by atoms with Crippen molar-refractivity contribution in [3.05, 3.63) is 52.8 Å². The smallest absolute Gasteiger partial charge is 0.310 e. The molecule has 0 aliphatic carbocycles. The van der Waals surface area contributed by atoms with Gasteiger partial charge in [0.25, 0.3) is 0 Å². The van der Waals surface area contributed by atoms with Crippen molar-refractivity contribution >= 4 is 23.0 Å². The Hall–Kier alpha value is -2.25. The van der Waals surface area contributed by atoms with Gasteiger partial charge in [-0.1, -0.05) is 37.2 Å². The molecule has 1 aromatic rings. The second-order valence-corrected chi connectivity index (χ2v) is 6.84. The molecule has 1 aliphatic rings. The van der Waals surface area contributed by atoms with Crippen LogP contribution < -0.4 is 0 Å². The number of nitrogens with zero attached hydrogens (tertiary/aromatic N) is 1. The van der Waals surface area contributed by atoms with Gasteiger partial charge in [0.05, 0.1) is 22.8 Å². The molecule has 0 saturated carbocycles. The molecule has 1 atom stereocenters.